The summed E-state index contributed by atoms with van der Waals surface area (Å²) in [5.74, 6) is -0.969. The van der Waals surface area contributed by atoms with Gasteiger partial charge >= 0.3 is 6.03 Å². The van der Waals surface area contributed by atoms with Crippen molar-refractivity contribution >= 4 is 52.4 Å². The Morgan fingerprint density at radius 1 is 1.33 bits per heavy atom. The van der Waals surface area contributed by atoms with Crippen LogP contribution in [0.25, 0.3) is 0 Å². The quantitative estimate of drug-likeness (QED) is 0.627. The number of piperidine rings is 1. The molecule has 156 valence electrons. The van der Waals surface area contributed by atoms with E-state index in [4.69, 9.17) is 11.6 Å². The number of aryl methyl sites for hydroxylation is 1. The smallest absolute Gasteiger partial charge is 0.319 e. The zero-order valence-corrected chi connectivity index (χ0v) is 17.7. The van der Waals surface area contributed by atoms with E-state index in [2.05, 4.69) is 16.0 Å². The van der Waals surface area contributed by atoms with E-state index in [0.717, 1.165) is 16.7 Å². The third kappa shape index (κ3) is 3.90. The third-order valence-electron chi connectivity index (χ3n) is 5.22. The molecule has 0 spiro atoms. The number of halogens is 1. The summed E-state index contributed by atoms with van der Waals surface area (Å²) in [7, 11) is 0. The fourth-order valence-electron chi connectivity index (χ4n) is 3.54. The molecule has 30 heavy (non-hydrogen) atoms. The molecule has 10 heteroatoms. The highest BCUT2D eigenvalue weighted by molar-refractivity contribution is 7.12. The molecule has 1 atom stereocenters. The van der Waals surface area contributed by atoms with Gasteiger partial charge in [-0.3, -0.25) is 19.7 Å². The molecule has 4 rings (SSSR count). The van der Waals surface area contributed by atoms with Gasteiger partial charge in [0.25, 0.3) is 5.91 Å². The first-order valence-electron chi connectivity index (χ1n) is 9.38. The van der Waals surface area contributed by atoms with Crippen molar-refractivity contribution in [1.82, 2.24) is 15.5 Å². The van der Waals surface area contributed by atoms with Gasteiger partial charge in [0, 0.05) is 35.8 Å². The first-order chi connectivity index (χ1) is 14.3. The Labute approximate surface area is 181 Å². The minimum atomic E-state index is -0.648. The Kier molecular flexibility index (Phi) is 5.48. The van der Waals surface area contributed by atoms with Crippen LogP contribution in [-0.4, -0.2) is 34.7 Å². The summed E-state index contributed by atoms with van der Waals surface area (Å²) < 4.78 is 0. The Bertz CT molecular complexity index is 1070. The van der Waals surface area contributed by atoms with Crippen LogP contribution in [0.3, 0.4) is 0 Å². The van der Waals surface area contributed by atoms with Crippen molar-refractivity contribution in [3.63, 3.8) is 0 Å². The highest BCUT2D eigenvalue weighted by Gasteiger charge is 2.40. The number of urea groups is 1. The van der Waals surface area contributed by atoms with E-state index in [1.807, 2.05) is 18.4 Å². The molecule has 8 nitrogen and oxygen atoms in total. The molecule has 0 aliphatic carbocycles. The zero-order chi connectivity index (χ0) is 21.4. The second-order valence-electron chi connectivity index (χ2n) is 7.24. The third-order valence-corrected chi connectivity index (χ3v) is 6.69. The maximum atomic E-state index is 12.7. The van der Waals surface area contributed by atoms with Crippen LogP contribution < -0.4 is 16.0 Å². The van der Waals surface area contributed by atoms with E-state index in [9.17, 15) is 19.2 Å². The number of rotatable bonds is 4. The Morgan fingerprint density at radius 2 is 2.13 bits per heavy atom. The summed E-state index contributed by atoms with van der Waals surface area (Å²) in [5, 5.41) is 10.2. The number of hydrogen-bond donors (Lipinski definition) is 3. The maximum absolute atomic E-state index is 12.7. The zero-order valence-electron chi connectivity index (χ0n) is 16.1. The molecule has 1 saturated heterocycles. The van der Waals surface area contributed by atoms with Crippen LogP contribution in [0.4, 0.5) is 10.5 Å². The number of carbonyl (C=O) groups excluding carboxylic acids is 4. The van der Waals surface area contributed by atoms with E-state index in [1.54, 1.807) is 12.1 Å². The van der Waals surface area contributed by atoms with E-state index in [1.165, 1.54) is 16.2 Å². The normalized spacial score (nSPS) is 18.3. The summed E-state index contributed by atoms with van der Waals surface area (Å²) in [6, 6.07) is 4.22. The fourth-order valence-corrected chi connectivity index (χ4v) is 4.77. The first kappa shape index (κ1) is 20.4. The average Bonchev–Trinajstić information content (AvgIpc) is 3.23. The number of nitrogens with one attached hydrogen (secondary N) is 3. The van der Waals surface area contributed by atoms with E-state index in [0.29, 0.717) is 22.0 Å². The minimum absolute atomic E-state index is 0.213. The maximum Gasteiger partial charge on any atom is 0.319 e. The van der Waals surface area contributed by atoms with Gasteiger partial charge in [-0.05, 0) is 42.0 Å². The lowest BCUT2D eigenvalue weighted by atomic mass is 10.0. The van der Waals surface area contributed by atoms with Crippen molar-refractivity contribution < 1.29 is 19.2 Å². The molecule has 2 aliphatic rings. The number of benzene rings is 1. The summed E-state index contributed by atoms with van der Waals surface area (Å²) in [4.78, 5) is 50.5. The summed E-state index contributed by atoms with van der Waals surface area (Å²) in [6.45, 7) is 2.41. The molecule has 5 amide bonds. The molecule has 1 aromatic heterocycles. The molecule has 1 fully saturated rings. The van der Waals surface area contributed by atoms with Gasteiger partial charge in [0.15, 0.2) is 0 Å². The number of nitrogens with zero attached hydrogens (tertiary/aromatic N) is 1. The second kappa shape index (κ2) is 8.08. The number of thiophene rings is 1. The lowest BCUT2D eigenvalue weighted by Crippen LogP contribution is -2.52. The molecular weight excluding hydrogens is 428 g/mol. The van der Waals surface area contributed by atoms with Gasteiger partial charge in [0.2, 0.25) is 11.8 Å². The summed E-state index contributed by atoms with van der Waals surface area (Å²) in [6.07, 6.45) is 0.534. The molecule has 1 aromatic carbocycles. The highest BCUT2D eigenvalue weighted by Crippen LogP contribution is 2.34. The number of imide groups is 1. The van der Waals surface area contributed by atoms with Gasteiger partial charge in [-0.2, -0.15) is 0 Å². The Morgan fingerprint density at radius 3 is 2.87 bits per heavy atom. The number of fused-ring (bicyclic) bond motifs is 1. The van der Waals surface area contributed by atoms with Crippen LogP contribution in [-0.2, 0) is 22.7 Å². The average molecular weight is 447 g/mol. The van der Waals surface area contributed by atoms with Crippen LogP contribution in [0.5, 0.6) is 0 Å². The van der Waals surface area contributed by atoms with Crippen LogP contribution in [0, 0.1) is 6.92 Å². The lowest BCUT2D eigenvalue weighted by Gasteiger charge is -2.29. The summed E-state index contributed by atoms with van der Waals surface area (Å²) in [5.41, 5.74) is 3.14. The topological polar surface area (TPSA) is 108 Å². The van der Waals surface area contributed by atoms with E-state index >= 15 is 0 Å². The van der Waals surface area contributed by atoms with Gasteiger partial charge in [0.1, 0.15) is 6.04 Å². The van der Waals surface area contributed by atoms with Gasteiger partial charge in [-0.1, -0.05) is 17.7 Å². The molecule has 0 saturated carbocycles. The van der Waals surface area contributed by atoms with Crippen LogP contribution in [0.15, 0.2) is 23.6 Å². The van der Waals surface area contributed by atoms with Crippen molar-refractivity contribution in [2.75, 3.05) is 5.32 Å². The number of amides is 5. The molecule has 0 bridgehead atoms. The predicted molar refractivity (Wildman–Crippen MR) is 112 cm³/mol. The number of hydrogen-bond acceptors (Lipinski definition) is 5. The molecule has 0 radical (unpaired) electrons. The van der Waals surface area contributed by atoms with Crippen LogP contribution in [0.1, 0.15) is 39.2 Å². The van der Waals surface area contributed by atoms with Crippen molar-refractivity contribution in [3.8, 4) is 0 Å². The first-order valence-corrected chi connectivity index (χ1v) is 10.6. The molecule has 3 N–H and O–H groups in total. The molecule has 1 unspecified atom stereocenters. The van der Waals surface area contributed by atoms with Crippen molar-refractivity contribution in [2.45, 2.75) is 38.9 Å². The number of anilines is 1. The fraction of sp³-hybridized carbons (Fsp3) is 0.300. The second-order valence-corrected chi connectivity index (χ2v) is 8.53. The molecular formula is C20H19ClN4O4S. The van der Waals surface area contributed by atoms with Gasteiger partial charge in [0.05, 0.1) is 4.88 Å². The SMILES string of the molecule is Cc1ccc(NC(=O)NCc2csc3c2CN(C2CCC(=O)NC2=O)C3=O)cc1Cl. The standard InChI is InChI=1S/C20H19ClN4O4S/c1-10-2-3-12(6-14(10)21)23-20(29)22-7-11-9-30-17-13(11)8-25(19(17)28)15-4-5-16(26)24-18(15)27/h2-3,6,9,15H,4-5,7-8H2,1H3,(H2,22,23,29)(H,24,26,27). The van der Waals surface area contributed by atoms with Crippen molar-refractivity contribution in [2.24, 2.45) is 0 Å². The monoisotopic (exact) mass is 446 g/mol. The molecule has 2 aliphatic heterocycles. The van der Waals surface area contributed by atoms with Crippen LogP contribution in [0.2, 0.25) is 5.02 Å². The molecule has 3 heterocycles. The molecule has 2 aromatic rings. The Balaban J connectivity index is 1.39. The van der Waals surface area contributed by atoms with Gasteiger partial charge in [-0.15, -0.1) is 11.3 Å². The minimum Gasteiger partial charge on any atom is -0.334 e. The number of carbonyl (C=O) groups is 4. The summed E-state index contributed by atoms with van der Waals surface area (Å²) >= 11 is 7.37. The van der Waals surface area contributed by atoms with Gasteiger partial charge in [-0.25, -0.2) is 4.79 Å². The van der Waals surface area contributed by atoms with E-state index in [-0.39, 0.29) is 37.4 Å². The largest absolute Gasteiger partial charge is 0.334 e. The Hall–Kier alpha value is -2.91. The van der Waals surface area contributed by atoms with Crippen molar-refractivity contribution in [3.05, 3.63) is 50.2 Å². The highest BCUT2D eigenvalue weighted by atomic mass is 35.5. The predicted octanol–water partition coefficient (Wildman–Crippen LogP) is 2.79. The van der Waals surface area contributed by atoms with Crippen molar-refractivity contribution in [1.29, 1.82) is 0 Å². The van der Waals surface area contributed by atoms with Crippen LogP contribution >= 0.6 is 22.9 Å². The van der Waals surface area contributed by atoms with E-state index < -0.39 is 11.9 Å². The lowest BCUT2D eigenvalue weighted by molar-refractivity contribution is -0.136. The van der Waals surface area contributed by atoms with Gasteiger partial charge < -0.3 is 15.5 Å².